The summed E-state index contributed by atoms with van der Waals surface area (Å²) in [6.07, 6.45) is 1.28. The summed E-state index contributed by atoms with van der Waals surface area (Å²) in [5, 5.41) is 16.9. The van der Waals surface area contributed by atoms with Crippen LogP contribution in [0.2, 0.25) is 10.0 Å². The maximum absolute atomic E-state index is 11.0. The van der Waals surface area contributed by atoms with Crippen molar-refractivity contribution in [2.45, 2.75) is 4.90 Å². The van der Waals surface area contributed by atoms with E-state index in [0.29, 0.717) is 16.3 Å². The first-order chi connectivity index (χ1) is 11.7. The lowest BCUT2D eigenvalue weighted by Crippen LogP contribution is -2.23. The standard InChI is InChI=1S/C14H11Cl2N3O4S2/c15-9-5-8(13(20)12(16)6-9)7-17-19-14(24)18-10-1-3-11(4-2-10)25(21,22)23/h1-7,20H,(H2,18,19,24)(H,21,22,23). The number of rotatable bonds is 4. The third kappa shape index (κ3) is 5.55. The summed E-state index contributed by atoms with van der Waals surface area (Å²) in [6, 6.07) is 8.14. The zero-order chi connectivity index (χ0) is 18.6. The van der Waals surface area contributed by atoms with Gasteiger partial charge in [-0.05, 0) is 48.6 Å². The fourth-order valence-corrected chi connectivity index (χ4v) is 2.87. The van der Waals surface area contributed by atoms with Crippen LogP contribution in [0.15, 0.2) is 46.4 Å². The summed E-state index contributed by atoms with van der Waals surface area (Å²) >= 11 is 16.7. The molecule has 4 N–H and O–H groups in total. The minimum Gasteiger partial charge on any atom is -0.506 e. The van der Waals surface area contributed by atoms with Crippen molar-refractivity contribution in [3.8, 4) is 5.75 Å². The molecular formula is C14H11Cl2N3O4S2. The van der Waals surface area contributed by atoms with Crippen LogP contribution in [0.4, 0.5) is 5.69 Å². The fraction of sp³-hybridized carbons (Fsp3) is 0. The zero-order valence-corrected chi connectivity index (χ0v) is 15.4. The smallest absolute Gasteiger partial charge is 0.294 e. The number of hydrogen-bond donors (Lipinski definition) is 4. The Labute approximate surface area is 159 Å². The van der Waals surface area contributed by atoms with Gasteiger partial charge in [-0.3, -0.25) is 9.98 Å². The maximum Gasteiger partial charge on any atom is 0.294 e. The first-order valence-corrected chi connectivity index (χ1v) is 9.13. The Balaban J connectivity index is 1.99. The molecule has 0 bridgehead atoms. The minimum absolute atomic E-state index is 0.0913. The van der Waals surface area contributed by atoms with E-state index in [0.717, 1.165) is 0 Å². The first-order valence-electron chi connectivity index (χ1n) is 6.52. The first kappa shape index (κ1) is 19.4. The van der Waals surface area contributed by atoms with Crippen LogP contribution in [0.1, 0.15) is 5.56 Å². The SMILES string of the molecule is O=S(=O)(O)c1ccc(NC(=S)NN=Cc2cc(Cl)cc(Cl)c2O)cc1. The maximum atomic E-state index is 11.0. The second kappa shape index (κ2) is 7.98. The van der Waals surface area contributed by atoms with Gasteiger partial charge >= 0.3 is 0 Å². The molecule has 0 fully saturated rings. The van der Waals surface area contributed by atoms with Crippen molar-refractivity contribution in [3.63, 3.8) is 0 Å². The number of nitrogens with one attached hydrogen (secondary N) is 2. The molecule has 7 nitrogen and oxygen atoms in total. The van der Waals surface area contributed by atoms with E-state index in [1.54, 1.807) is 0 Å². The second-order valence-electron chi connectivity index (χ2n) is 4.65. The summed E-state index contributed by atoms with van der Waals surface area (Å²) in [5.74, 6) is -0.170. The summed E-state index contributed by atoms with van der Waals surface area (Å²) in [6.45, 7) is 0. The lowest BCUT2D eigenvalue weighted by Gasteiger charge is -2.07. The molecule has 132 valence electrons. The molecule has 0 amide bonds. The summed E-state index contributed by atoms with van der Waals surface area (Å²) in [4.78, 5) is -0.233. The van der Waals surface area contributed by atoms with Gasteiger partial charge in [-0.25, -0.2) is 0 Å². The number of phenols is 1. The number of thiocarbonyl (C=S) groups is 1. The summed E-state index contributed by atoms with van der Waals surface area (Å²) in [5.41, 5.74) is 3.29. The Hall–Kier alpha value is -1.91. The van der Waals surface area contributed by atoms with Crippen LogP contribution >= 0.6 is 35.4 Å². The zero-order valence-electron chi connectivity index (χ0n) is 12.3. The predicted octanol–water partition coefficient (Wildman–Crippen LogP) is 3.27. The van der Waals surface area contributed by atoms with Crippen molar-refractivity contribution >= 4 is 62.6 Å². The highest BCUT2D eigenvalue weighted by Gasteiger charge is 2.09. The van der Waals surface area contributed by atoms with E-state index in [2.05, 4.69) is 15.8 Å². The highest BCUT2D eigenvalue weighted by atomic mass is 35.5. The number of nitrogens with zero attached hydrogens (tertiary/aromatic N) is 1. The Morgan fingerprint density at radius 1 is 1.20 bits per heavy atom. The molecule has 0 unspecified atom stereocenters. The van der Waals surface area contributed by atoms with Crippen molar-refractivity contribution in [3.05, 3.63) is 52.0 Å². The van der Waals surface area contributed by atoms with E-state index < -0.39 is 10.1 Å². The monoisotopic (exact) mass is 419 g/mol. The number of halogens is 2. The van der Waals surface area contributed by atoms with Gasteiger partial charge in [-0.2, -0.15) is 13.5 Å². The van der Waals surface area contributed by atoms with E-state index in [1.807, 2.05) is 0 Å². The van der Waals surface area contributed by atoms with Gasteiger partial charge in [0, 0.05) is 16.3 Å². The number of phenolic OH excluding ortho intramolecular Hbond substituents is 1. The van der Waals surface area contributed by atoms with Gasteiger partial charge in [0.2, 0.25) is 0 Å². The Bertz CT molecular complexity index is 932. The largest absolute Gasteiger partial charge is 0.506 e. The summed E-state index contributed by atoms with van der Waals surface area (Å²) < 4.78 is 30.8. The molecule has 25 heavy (non-hydrogen) atoms. The van der Waals surface area contributed by atoms with Crippen LogP contribution in [-0.4, -0.2) is 29.4 Å². The molecule has 0 atom stereocenters. The van der Waals surface area contributed by atoms with Crippen molar-refractivity contribution < 1.29 is 18.1 Å². The number of benzene rings is 2. The molecule has 0 aliphatic heterocycles. The van der Waals surface area contributed by atoms with Crippen LogP contribution in [0.25, 0.3) is 0 Å². The molecule has 0 heterocycles. The second-order valence-corrected chi connectivity index (χ2v) is 7.32. The van der Waals surface area contributed by atoms with E-state index >= 15 is 0 Å². The molecule has 0 saturated heterocycles. The fourth-order valence-electron chi connectivity index (χ4n) is 1.71. The molecular weight excluding hydrogens is 409 g/mol. The molecule has 0 radical (unpaired) electrons. The van der Waals surface area contributed by atoms with Crippen molar-refractivity contribution in [1.29, 1.82) is 0 Å². The Morgan fingerprint density at radius 3 is 2.44 bits per heavy atom. The highest BCUT2D eigenvalue weighted by Crippen LogP contribution is 2.29. The third-order valence-corrected chi connectivity index (χ3v) is 4.41. The van der Waals surface area contributed by atoms with Crippen molar-refractivity contribution in [2.24, 2.45) is 5.10 Å². The third-order valence-electron chi connectivity index (χ3n) is 2.84. The van der Waals surface area contributed by atoms with Gasteiger partial charge in [0.25, 0.3) is 10.1 Å². The number of hydrogen-bond acceptors (Lipinski definition) is 5. The van der Waals surface area contributed by atoms with Crippen LogP contribution in [0, 0.1) is 0 Å². The summed E-state index contributed by atoms with van der Waals surface area (Å²) in [7, 11) is -4.25. The normalized spacial score (nSPS) is 11.5. The topological polar surface area (TPSA) is 111 Å². The molecule has 2 rings (SSSR count). The highest BCUT2D eigenvalue weighted by molar-refractivity contribution is 7.85. The molecule has 0 aliphatic rings. The van der Waals surface area contributed by atoms with Gasteiger partial charge in [-0.1, -0.05) is 23.2 Å². The van der Waals surface area contributed by atoms with E-state index in [9.17, 15) is 13.5 Å². The lowest BCUT2D eigenvalue weighted by atomic mass is 10.2. The Morgan fingerprint density at radius 2 is 1.84 bits per heavy atom. The van der Waals surface area contributed by atoms with Crippen LogP contribution < -0.4 is 10.7 Å². The molecule has 2 aromatic rings. The average molecular weight is 420 g/mol. The van der Waals surface area contributed by atoms with Gasteiger partial charge in [0.1, 0.15) is 5.75 Å². The molecule has 0 spiro atoms. The van der Waals surface area contributed by atoms with E-state index in [1.165, 1.54) is 42.6 Å². The van der Waals surface area contributed by atoms with E-state index in [-0.39, 0.29) is 20.8 Å². The van der Waals surface area contributed by atoms with Crippen molar-refractivity contribution in [2.75, 3.05) is 5.32 Å². The molecule has 0 saturated carbocycles. The predicted molar refractivity (Wildman–Crippen MR) is 101 cm³/mol. The Kier molecular flexibility index (Phi) is 6.20. The van der Waals surface area contributed by atoms with Crippen molar-refractivity contribution in [1.82, 2.24) is 5.43 Å². The molecule has 11 heteroatoms. The number of anilines is 1. The molecule has 2 aromatic carbocycles. The number of hydrazone groups is 1. The van der Waals surface area contributed by atoms with Crippen LogP contribution in [0.3, 0.4) is 0 Å². The van der Waals surface area contributed by atoms with Crippen LogP contribution in [0.5, 0.6) is 5.75 Å². The quantitative estimate of drug-likeness (QED) is 0.260. The van der Waals surface area contributed by atoms with Crippen LogP contribution in [-0.2, 0) is 10.1 Å². The molecule has 0 aromatic heterocycles. The van der Waals surface area contributed by atoms with Gasteiger partial charge in [0.15, 0.2) is 5.11 Å². The number of aromatic hydroxyl groups is 1. The van der Waals surface area contributed by atoms with Gasteiger partial charge in [0.05, 0.1) is 16.1 Å². The van der Waals surface area contributed by atoms with E-state index in [4.69, 9.17) is 40.0 Å². The minimum atomic E-state index is -4.25. The molecule has 0 aliphatic carbocycles. The lowest BCUT2D eigenvalue weighted by molar-refractivity contribution is 0.474. The average Bonchev–Trinajstić information content (AvgIpc) is 2.51. The van der Waals surface area contributed by atoms with Gasteiger partial charge < -0.3 is 10.4 Å². The van der Waals surface area contributed by atoms with Gasteiger partial charge in [-0.15, -0.1) is 0 Å².